The highest BCUT2D eigenvalue weighted by Gasteiger charge is 1.94. The Morgan fingerprint density at radius 3 is 2.00 bits per heavy atom. The quantitative estimate of drug-likeness (QED) is 0.297. The van der Waals surface area contributed by atoms with E-state index in [1.165, 1.54) is 0 Å². The second kappa shape index (κ2) is 2.26. The predicted molar refractivity (Wildman–Crippen MR) is 29.4 cm³/mol. The molecule has 0 radical (unpaired) electrons. The molecule has 0 spiro atoms. The third-order valence-corrected chi connectivity index (χ3v) is 0.539. The van der Waals surface area contributed by atoms with Crippen molar-refractivity contribution in [3.63, 3.8) is 0 Å². The van der Waals surface area contributed by atoms with Crippen LogP contribution in [0.3, 0.4) is 0 Å². The molecule has 0 rings (SSSR count). The van der Waals surface area contributed by atoms with Gasteiger partial charge in [0.2, 0.25) is 0 Å². The van der Waals surface area contributed by atoms with Crippen molar-refractivity contribution in [2.24, 2.45) is 0 Å². The summed E-state index contributed by atoms with van der Waals surface area (Å²) in [5.41, 5.74) is 0. The Hall–Kier alpha value is -0.120. The van der Waals surface area contributed by atoms with Crippen LogP contribution >= 0.6 is 0 Å². The fourth-order valence-electron chi connectivity index (χ4n) is 0.381. The van der Waals surface area contributed by atoms with Crippen molar-refractivity contribution in [1.82, 2.24) is 5.32 Å². The first-order valence-electron chi connectivity index (χ1n) is 2.25. The van der Waals surface area contributed by atoms with Crippen LogP contribution in [0, 0.1) is 5.21 Å². The minimum atomic E-state index is -0.267. The summed E-state index contributed by atoms with van der Waals surface area (Å²) in [6.07, 6.45) is 0. The second-order valence-corrected chi connectivity index (χ2v) is 2.09. The number of hydrogen-bond acceptors (Lipinski definition) is 2. The van der Waals surface area contributed by atoms with E-state index in [-0.39, 0.29) is 4.65 Å². The van der Waals surface area contributed by atoms with E-state index in [4.69, 9.17) is 0 Å². The summed E-state index contributed by atoms with van der Waals surface area (Å²) in [5, 5.41) is 13.3. The molecule has 0 aromatic carbocycles. The number of nitrogens with one attached hydrogen (secondary N) is 1. The first-order valence-corrected chi connectivity index (χ1v) is 2.25. The van der Waals surface area contributed by atoms with Gasteiger partial charge in [0.1, 0.15) is 6.67 Å². The molecule has 0 aliphatic carbocycles. The molecule has 0 unspecified atom stereocenters. The van der Waals surface area contributed by atoms with Gasteiger partial charge in [0.05, 0.1) is 14.1 Å². The van der Waals surface area contributed by atoms with E-state index in [9.17, 15) is 5.21 Å². The SMILES string of the molecule is CNC[N+](C)(C)[O-]. The van der Waals surface area contributed by atoms with Crippen LogP contribution in [0.4, 0.5) is 0 Å². The minimum Gasteiger partial charge on any atom is -0.632 e. The van der Waals surface area contributed by atoms with E-state index in [1.807, 2.05) is 0 Å². The normalized spacial score (nSPS) is 12.0. The summed E-state index contributed by atoms with van der Waals surface area (Å²) in [5.74, 6) is 0. The Bertz CT molecular complexity index is 48.1. The third kappa shape index (κ3) is 5.88. The topological polar surface area (TPSA) is 35.1 Å². The maximum absolute atomic E-state index is 10.6. The summed E-state index contributed by atoms with van der Waals surface area (Å²) in [6, 6.07) is 0. The molecule has 0 aromatic rings. The number of rotatable bonds is 2. The van der Waals surface area contributed by atoms with Gasteiger partial charge in [-0.05, 0) is 7.05 Å². The van der Waals surface area contributed by atoms with Gasteiger partial charge in [-0.1, -0.05) is 0 Å². The van der Waals surface area contributed by atoms with Crippen LogP contribution in [0.25, 0.3) is 0 Å². The van der Waals surface area contributed by atoms with E-state index in [1.54, 1.807) is 21.1 Å². The fraction of sp³-hybridized carbons (Fsp3) is 1.00. The molecule has 0 saturated carbocycles. The largest absolute Gasteiger partial charge is 0.632 e. The minimum absolute atomic E-state index is 0.267. The van der Waals surface area contributed by atoms with Gasteiger partial charge in [0, 0.05) is 0 Å². The van der Waals surface area contributed by atoms with Crippen LogP contribution in [0.15, 0.2) is 0 Å². The maximum atomic E-state index is 10.6. The summed E-state index contributed by atoms with van der Waals surface area (Å²) in [7, 11) is 4.95. The molecule has 0 saturated heterocycles. The third-order valence-electron chi connectivity index (χ3n) is 0.539. The molecule has 0 atom stereocenters. The zero-order valence-electron chi connectivity index (χ0n) is 5.06. The molecule has 0 fully saturated rings. The van der Waals surface area contributed by atoms with Crippen LogP contribution in [0.1, 0.15) is 0 Å². The summed E-state index contributed by atoms with van der Waals surface area (Å²) < 4.78 is -0.267. The van der Waals surface area contributed by atoms with Gasteiger partial charge in [0.25, 0.3) is 0 Å². The Morgan fingerprint density at radius 2 is 2.00 bits per heavy atom. The van der Waals surface area contributed by atoms with Crippen molar-refractivity contribution in [1.29, 1.82) is 0 Å². The molecular weight excluding hydrogens is 92.1 g/mol. The van der Waals surface area contributed by atoms with Gasteiger partial charge in [-0.15, -0.1) is 0 Å². The lowest BCUT2D eigenvalue weighted by Crippen LogP contribution is -2.39. The highest BCUT2D eigenvalue weighted by molar-refractivity contribution is 4.21. The smallest absolute Gasteiger partial charge is 0.131 e. The van der Waals surface area contributed by atoms with Gasteiger partial charge >= 0.3 is 0 Å². The molecule has 1 N–H and O–H groups in total. The summed E-state index contributed by atoms with van der Waals surface area (Å²) in [6.45, 7) is 0.472. The highest BCUT2D eigenvalue weighted by Crippen LogP contribution is 1.84. The zero-order chi connectivity index (χ0) is 5.91. The van der Waals surface area contributed by atoms with Gasteiger partial charge in [-0.2, -0.15) is 0 Å². The molecule has 0 aliphatic heterocycles. The number of hydrogen-bond donors (Lipinski definition) is 1. The first kappa shape index (κ1) is 6.88. The van der Waals surface area contributed by atoms with Gasteiger partial charge in [0.15, 0.2) is 0 Å². The summed E-state index contributed by atoms with van der Waals surface area (Å²) >= 11 is 0. The second-order valence-electron chi connectivity index (χ2n) is 2.09. The van der Waals surface area contributed by atoms with Crippen molar-refractivity contribution in [3.8, 4) is 0 Å². The lowest BCUT2D eigenvalue weighted by Gasteiger charge is -2.32. The van der Waals surface area contributed by atoms with Crippen molar-refractivity contribution in [3.05, 3.63) is 5.21 Å². The molecule has 0 aliphatic rings. The van der Waals surface area contributed by atoms with Gasteiger partial charge in [-0.3, -0.25) is 5.32 Å². The molecule has 0 heterocycles. The van der Waals surface area contributed by atoms with E-state index >= 15 is 0 Å². The standard InChI is InChI=1S/C4H12N2O/c1-5-4-6(2,3)7/h5H,4H2,1-3H3. The molecular formula is C4H12N2O. The molecule has 0 bridgehead atoms. The number of nitrogens with zero attached hydrogens (tertiary/aromatic N) is 1. The highest BCUT2D eigenvalue weighted by atomic mass is 16.5. The Labute approximate surface area is 44.1 Å². The fourth-order valence-corrected chi connectivity index (χ4v) is 0.381. The summed E-state index contributed by atoms with van der Waals surface area (Å²) in [4.78, 5) is 0. The van der Waals surface area contributed by atoms with E-state index in [2.05, 4.69) is 5.32 Å². The molecule has 7 heavy (non-hydrogen) atoms. The van der Waals surface area contributed by atoms with Crippen LogP contribution in [-0.2, 0) is 0 Å². The molecule has 3 nitrogen and oxygen atoms in total. The predicted octanol–water partition coefficient (Wildman–Crippen LogP) is -0.262. The Balaban J connectivity index is 3.15. The van der Waals surface area contributed by atoms with E-state index in [0.717, 1.165) is 0 Å². The monoisotopic (exact) mass is 104 g/mol. The average Bonchev–Trinajstić information content (AvgIpc) is 1.30. The number of quaternary nitrogens is 1. The molecule has 0 aromatic heterocycles. The molecule has 3 heteroatoms. The molecule has 0 amide bonds. The zero-order valence-corrected chi connectivity index (χ0v) is 5.06. The Morgan fingerprint density at radius 1 is 1.57 bits per heavy atom. The lowest BCUT2D eigenvalue weighted by atomic mass is 10.8. The van der Waals surface area contributed by atoms with Crippen molar-refractivity contribution in [2.45, 2.75) is 0 Å². The maximum Gasteiger partial charge on any atom is 0.131 e. The molecule has 44 valence electrons. The van der Waals surface area contributed by atoms with Gasteiger partial charge in [-0.25, -0.2) is 0 Å². The van der Waals surface area contributed by atoms with Crippen LogP contribution < -0.4 is 5.32 Å². The van der Waals surface area contributed by atoms with Crippen molar-refractivity contribution in [2.75, 3.05) is 27.8 Å². The Kier molecular flexibility index (Phi) is 2.22. The van der Waals surface area contributed by atoms with Crippen LogP contribution in [0.5, 0.6) is 0 Å². The van der Waals surface area contributed by atoms with Crippen LogP contribution in [0.2, 0.25) is 0 Å². The lowest BCUT2D eigenvalue weighted by molar-refractivity contribution is -0.842. The van der Waals surface area contributed by atoms with E-state index < -0.39 is 0 Å². The van der Waals surface area contributed by atoms with Crippen molar-refractivity contribution >= 4 is 0 Å². The van der Waals surface area contributed by atoms with Gasteiger partial charge < -0.3 is 9.85 Å². The van der Waals surface area contributed by atoms with Crippen LogP contribution in [-0.4, -0.2) is 32.5 Å². The van der Waals surface area contributed by atoms with Crippen molar-refractivity contribution < 1.29 is 4.65 Å². The number of hydroxylamine groups is 3. The average molecular weight is 104 g/mol. The van der Waals surface area contributed by atoms with E-state index in [0.29, 0.717) is 6.67 Å². The first-order chi connectivity index (χ1) is 3.06.